The summed E-state index contributed by atoms with van der Waals surface area (Å²) in [5, 5.41) is 19.1. The molecule has 0 bridgehead atoms. The van der Waals surface area contributed by atoms with Crippen molar-refractivity contribution in [3.05, 3.63) is 83.4 Å². The Morgan fingerprint density at radius 2 is 1.72 bits per heavy atom. The predicted octanol–water partition coefficient (Wildman–Crippen LogP) is 3.77. The number of hydrogen-bond donors (Lipinski definition) is 3. The van der Waals surface area contributed by atoms with Crippen molar-refractivity contribution in [3.63, 3.8) is 0 Å². The Morgan fingerprint density at radius 3 is 2.51 bits per heavy atom. The molecule has 0 spiro atoms. The fourth-order valence-corrected chi connectivity index (χ4v) is 5.99. The van der Waals surface area contributed by atoms with E-state index in [-0.39, 0.29) is 5.75 Å². The predicted molar refractivity (Wildman–Crippen MR) is 153 cm³/mol. The van der Waals surface area contributed by atoms with Crippen molar-refractivity contribution in [1.29, 1.82) is 0 Å². The van der Waals surface area contributed by atoms with Crippen molar-refractivity contribution in [2.45, 2.75) is 28.7 Å². The van der Waals surface area contributed by atoms with Crippen molar-refractivity contribution in [2.24, 2.45) is 10.7 Å². The van der Waals surface area contributed by atoms with Crippen LogP contribution in [0.2, 0.25) is 0 Å². The van der Waals surface area contributed by atoms with E-state index in [1.54, 1.807) is 23.9 Å². The first-order chi connectivity index (χ1) is 19.0. The highest BCUT2D eigenvalue weighted by atomic mass is 32.2. The summed E-state index contributed by atoms with van der Waals surface area (Å²) < 4.78 is 5.95. The molecule has 0 aromatic heterocycles. The maximum Gasteiger partial charge on any atom is 0.320 e. The van der Waals surface area contributed by atoms with E-state index in [2.05, 4.69) is 28.0 Å². The number of aliphatic carboxylic acids is 1. The molecule has 0 radical (unpaired) electrons. The summed E-state index contributed by atoms with van der Waals surface area (Å²) >= 11 is 1.64. The van der Waals surface area contributed by atoms with Crippen LogP contribution in [0.25, 0.3) is 0 Å². The van der Waals surface area contributed by atoms with E-state index in [4.69, 9.17) is 20.6 Å². The van der Waals surface area contributed by atoms with Crippen molar-refractivity contribution < 1.29 is 19.7 Å². The summed E-state index contributed by atoms with van der Waals surface area (Å²) in [4.78, 5) is 23.1. The van der Waals surface area contributed by atoms with Crippen LogP contribution in [0.3, 0.4) is 0 Å². The van der Waals surface area contributed by atoms with Crippen LogP contribution >= 0.6 is 11.8 Å². The molecule has 1 atom stereocenters. The second-order valence-electron chi connectivity index (χ2n) is 9.79. The summed E-state index contributed by atoms with van der Waals surface area (Å²) in [5.41, 5.74) is 9.79. The summed E-state index contributed by atoms with van der Waals surface area (Å²) in [5.74, 6) is 0.250. The number of aromatic hydroxyl groups is 1. The lowest BCUT2D eigenvalue weighted by Gasteiger charge is -2.36. The molecule has 39 heavy (non-hydrogen) atoms. The van der Waals surface area contributed by atoms with Gasteiger partial charge in [-0.15, -0.1) is 0 Å². The average Bonchev–Trinajstić information content (AvgIpc) is 3.10. The number of carboxylic acid groups (broad SMARTS) is 1. The van der Waals surface area contributed by atoms with Gasteiger partial charge in [0.15, 0.2) is 0 Å². The Labute approximate surface area is 233 Å². The van der Waals surface area contributed by atoms with Gasteiger partial charge in [0.05, 0.1) is 18.9 Å². The molecule has 9 heteroatoms. The average molecular weight is 547 g/mol. The molecule has 4 N–H and O–H groups in total. The minimum absolute atomic E-state index is 0.250. The number of aliphatic imine (C=N–C) groups is 1. The van der Waals surface area contributed by atoms with Crippen LogP contribution in [-0.4, -0.2) is 83.8 Å². The molecule has 3 aromatic carbocycles. The first-order valence-corrected chi connectivity index (χ1v) is 14.1. The molecule has 1 saturated heterocycles. The zero-order valence-corrected chi connectivity index (χ0v) is 22.6. The molecule has 2 aliphatic rings. The number of amidine groups is 1. The summed E-state index contributed by atoms with van der Waals surface area (Å²) in [6.07, 6.45) is 1.05. The molecule has 2 heterocycles. The molecule has 0 saturated carbocycles. The van der Waals surface area contributed by atoms with Gasteiger partial charge in [-0.1, -0.05) is 54.2 Å². The molecule has 1 unspecified atom stereocenters. The molecule has 0 aliphatic carbocycles. The van der Waals surface area contributed by atoms with Gasteiger partial charge in [-0.05, 0) is 48.2 Å². The van der Waals surface area contributed by atoms with Crippen LogP contribution in [0.15, 0.2) is 81.5 Å². The highest BCUT2D eigenvalue weighted by Gasteiger charge is 2.25. The lowest BCUT2D eigenvalue weighted by atomic mass is 9.99. The first-order valence-electron chi connectivity index (χ1n) is 13.3. The van der Waals surface area contributed by atoms with Gasteiger partial charge in [0.25, 0.3) is 0 Å². The van der Waals surface area contributed by atoms with E-state index in [9.17, 15) is 9.90 Å². The standard InChI is InChI=1S/C30H34N4O4S/c31-25(30(36)37)19-22-6-2-1-5-21(22)11-17-38-18-16-33-12-14-34(15-13-33)29-24-7-3-4-8-27(24)39-28-20-23(35)9-10-26(28)32-29/h1-10,20,25,35H,11-19,31H2,(H,36,37). The number of phenols is 1. The van der Waals surface area contributed by atoms with Crippen molar-refractivity contribution in [3.8, 4) is 5.75 Å². The molecule has 5 rings (SSSR count). The fraction of sp³-hybridized carbons (Fsp3) is 0.333. The lowest BCUT2D eigenvalue weighted by Crippen LogP contribution is -2.49. The number of benzene rings is 3. The van der Waals surface area contributed by atoms with Crippen LogP contribution in [-0.2, 0) is 22.4 Å². The second kappa shape index (κ2) is 12.7. The number of piperazine rings is 1. The molecule has 0 amide bonds. The van der Waals surface area contributed by atoms with E-state index in [1.165, 1.54) is 0 Å². The molecule has 2 aliphatic heterocycles. The normalized spacial score (nSPS) is 16.1. The summed E-state index contributed by atoms with van der Waals surface area (Å²) in [6, 6.07) is 20.6. The zero-order chi connectivity index (χ0) is 27.2. The lowest BCUT2D eigenvalue weighted by molar-refractivity contribution is -0.138. The van der Waals surface area contributed by atoms with Crippen molar-refractivity contribution in [1.82, 2.24) is 9.80 Å². The number of hydrogen-bond acceptors (Lipinski definition) is 8. The van der Waals surface area contributed by atoms with Crippen molar-refractivity contribution in [2.75, 3.05) is 45.9 Å². The van der Waals surface area contributed by atoms with Gasteiger partial charge in [-0.25, -0.2) is 4.99 Å². The number of fused-ring (bicyclic) bond motifs is 2. The third kappa shape index (κ3) is 6.80. The highest BCUT2D eigenvalue weighted by molar-refractivity contribution is 7.99. The highest BCUT2D eigenvalue weighted by Crippen LogP contribution is 2.42. The Hall–Kier alpha value is -3.37. The van der Waals surface area contributed by atoms with E-state index < -0.39 is 12.0 Å². The zero-order valence-electron chi connectivity index (χ0n) is 21.8. The van der Waals surface area contributed by atoms with Gasteiger partial charge < -0.3 is 25.6 Å². The van der Waals surface area contributed by atoms with Gasteiger partial charge in [-0.3, -0.25) is 9.69 Å². The van der Waals surface area contributed by atoms with E-state index in [0.29, 0.717) is 19.6 Å². The molecular weight excluding hydrogens is 512 g/mol. The van der Waals surface area contributed by atoms with E-state index in [0.717, 1.165) is 77.1 Å². The van der Waals surface area contributed by atoms with E-state index in [1.807, 2.05) is 36.4 Å². The van der Waals surface area contributed by atoms with Gasteiger partial charge in [0.2, 0.25) is 0 Å². The number of phenolic OH excluding ortho intramolecular Hbond substituents is 1. The van der Waals surface area contributed by atoms with Crippen LogP contribution in [0.4, 0.5) is 5.69 Å². The summed E-state index contributed by atoms with van der Waals surface area (Å²) in [7, 11) is 0. The fourth-order valence-electron chi connectivity index (χ4n) is 4.94. The van der Waals surface area contributed by atoms with Gasteiger partial charge >= 0.3 is 5.97 Å². The number of nitrogens with zero attached hydrogens (tertiary/aromatic N) is 3. The van der Waals surface area contributed by atoms with Gasteiger partial charge in [-0.2, -0.15) is 0 Å². The van der Waals surface area contributed by atoms with E-state index >= 15 is 0 Å². The van der Waals surface area contributed by atoms with Crippen LogP contribution < -0.4 is 5.73 Å². The molecule has 204 valence electrons. The maximum atomic E-state index is 11.1. The topological polar surface area (TPSA) is 112 Å². The Kier molecular flexibility index (Phi) is 8.83. The Balaban J connectivity index is 1.12. The van der Waals surface area contributed by atoms with Crippen LogP contribution in [0.1, 0.15) is 16.7 Å². The van der Waals surface area contributed by atoms with Crippen LogP contribution in [0.5, 0.6) is 5.75 Å². The molecule has 3 aromatic rings. The minimum atomic E-state index is -0.986. The SMILES string of the molecule is NC(Cc1ccccc1CCOCCN1CCN(C2=Nc3ccc(O)cc3Sc3ccccc32)CC1)C(=O)O. The Bertz CT molecular complexity index is 1340. The van der Waals surface area contributed by atoms with Crippen molar-refractivity contribution >= 4 is 29.3 Å². The third-order valence-electron chi connectivity index (χ3n) is 7.13. The quantitative estimate of drug-likeness (QED) is 0.348. The van der Waals surface area contributed by atoms with Gasteiger partial charge in [0.1, 0.15) is 17.6 Å². The van der Waals surface area contributed by atoms with Crippen LogP contribution in [0, 0.1) is 0 Å². The smallest absolute Gasteiger partial charge is 0.320 e. The number of ether oxygens (including phenoxy) is 1. The number of carbonyl (C=O) groups is 1. The third-order valence-corrected chi connectivity index (χ3v) is 8.26. The number of rotatable bonds is 9. The first kappa shape index (κ1) is 27.2. The number of nitrogens with two attached hydrogens (primary N) is 1. The second-order valence-corrected chi connectivity index (χ2v) is 10.9. The summed E-state index contributed by atoms with van der Waals surface area (Å²) in [6.45, 7) is 5.70. The molecule has 8 nitrogen and oxygen atoms in total. The number of carboxylic acids is 1. The Morgan fingerprint density at radius 1 is 0.974 bits per heavy atom. The molecule has 1 fully saturated rings. The monoisotopic (exact) mass is 546 g/mol. The minimum Gasteiger partial charge on any atom is -0.508 e. The largest absolute Gasteiger partial charge is 0.508 e. The van der Waals surface area contributed by atoms with Gasteiger partial charge in [0, 0.05) is 48.1 Å². The maximum absolute atomic E-state index is 11.1. The molecular formula is C30H34N4O4S.